The van der Waals surface area contributed by atoms with Crippen molar-refractivity contribution >= 4 is 23.3 Å². The molecular weight excluding hydrogens is 267 g/mol. The van der Waals surface area contributed by atoms with Crippen LogP contribution < -0.4 is 5.46 Å². The lowest BCUT2D eigenvalue weighted by molar-refractivity contribution is 0.0938. The molecule has 3 rings (SSSR count). The van der Waals surface area contributed by atoms with Gasteiger partial charge in [0.15, 0.2) is 0 Å². The highest BCUT2D eigenvalue weighted by molar-refractivity contribution is 8.27. The van der Waals surface area contributed by atoms with Gasteiger partial charge in [-0.2, -0.15) is 11.6 Å². The molecule has 1 aliphatic heterocycles. The molecule has 0 atom stereocenters. The van der Waals surface area contributed by atoms with E-state index in [-0.39, 0.29) is 16.5 Å². The molecule has 4 heteroatoms. The number of benzene rings is 1. The number of hydrogen-bond acceptors (Lipinski definition) is 3. The van der Waals surface area contributed by atoms with Gasteiger partial charge in [0.25, 0.3) is 0 Å². The molecule has 2 aliphatic rings. The molecule has 1 heterocycles. The smallest absolute Gasteiger partial charge is 0.397 e. The minimum atomic E-state index is -0.142. The molecule has 1 aromatic rings. The maximum atomic E-state index is 10.1. The van der Waals surface area contributed by atoms with E-state index in [1.165, 1.54) is 24.7 Å². The molecule has 0 spiro atoms. The molecule has 1 saturated heterocycles. The van der Waals surface area contributed by atoms with Crippen LogP contribution in [0.15, 0.2) is 18.2 Å². The minimum Gasteiger partial charge on any atom is -0.508 e. The number of rotatable bonds is 2. The van der Waals surface area contributed by atoms with Gasteiger partial charge in [-0.15, -0.1) is 0 Å². The third-order valence-corrected chi connectivity index (χ3v) is 6.79. The summed E-state index contributed by atoms with van der Waals surface area (Å²) >= 11 is 1.88. The lowest BCUT2D eigenvalue weighted by Crippen LogP contribution is -2.40. The van der Waals surface area contributed by atoms with Crippen molar-refractivity contribution in [2.24, 2.45) is 0 Å². The maximum Gasteiger partial charge on any atom is 0.397 e. The van der Waals surface area contributed by atoms with Crippen LogP contribution in [0.1, 0.15) is 58.4 Å². The van der Waals surface area contributed by atoms with Gasteiger partial charge in [-0.3, -0.25) is 0 Å². The van der Waals surface area contributed by atoms with Gasteiger partial charge in [0.2, 0.25) is 0 Å². The lowest BCUT2D eigenvalue weighted by Gasteiger charge is -2.32. The first kappa shape index (κ1) is 14.3. The van der Waals surface area contributed by atoms with Crippen molar-refractivity contribution in [1.82, 2.24) is 0 Å². The quantitative estimate of drug-likeness (QED) is 0.843. The Morgan fingerprint density at radius 1 is 1.25 bits per heavy atom. The zero-order valence-electron chi connectivity index (χ0n) is 12.8. The van der Waals surface area contributed by atoms with Crippen molar-refractivity contribution in [3.8, 4) is 5.75 Å². The average Bonchev–Trinajstić information content (AvgIpc) is 2.49. The largest absolute Gasteiger partial charge is 0.508 e. The van der Waals surface area contributed by atoms with E-state index >= 15 is 0 Å². The second-order valence-corrected chi connectivity index (χ2v) is 8.72. The molecule has 0 radical (unpaired) electrons. The minimum absolute atomic E-state index is 0.0689. The molecule has 0 unspecified atom stereocenters. The van der Waals surface area contributed by atoms with Crippen LogP contribution >= 0.6 is 11.6 Å². The van der Waals surface area contributed by atoms with Crippen molar-refractivity contribution in [3.05, 3.63) is 23.8 Å². The van der Waals surface area contributed by atoms with Gasteiger partial charge in [-0.1, -0.05) is 18.6 Å². The van der Waals surface area contributed by atoms with E-state index in [9.17, 15) is 5.11 Å². The monoisotopic (exact) mass is 290 g/mol. The van der Waals surface area contributed by atoms with Gasteiger partial charge in [-0.25, -0.2) is 0 Å². The fourth-order valence-electron chi connectivity index (χ4n) is 2.74. The SMILES string of the molecule is CC1(C)OB(c2ccc(O)c(C3CCC3)c2)SC1(C)C. The van der Waals surface area contributed by atoms with Gasteiger partial charge in [0.1, 0.15) is 5.75 Å². The molecule has 0 amide bonds. The molecule has 0 bridgehead atoms. The Balaban J connectivity index is 1.88. The summed E-state index contributed by atoms with van der Waals surface area (Å²) in [5.41, 5.74) is 2.16. The Morgan fingerprint density at radius 2 is 1.95 bits per heavy atom. The van der Waals surface area contributed by atoms with Crippen molar-refractivity contribution in [1.29, 1.82) is 0 Å². The molecule has 108 valence electrons. The van der Waals surface area contributed by atoms with Crippen molar-refractivity contribution in [2.75, 3.05) is 0 Å². The van der Waals surface area contributed by atoms with Crippen LogP contribution in [0.5, 0.6) is 5.75 Å². The van der Waals surface area contributed by atoms with E-state index in [2.05, 4.69) is 33.8 Å². The van der Waals surface area contributed by atoms with E-state index in [4.69, 9.17) is 4.65 Å². The molecule has 20 heavy (non-hydrogen) atoms. The van der Waals surface area contributed by atoms with Gasteiger partial charge in [0.05, 0.1) is 5.60 Å². The molecular formula is C16H23BO2S. The summed E-state index contributed by atoms with van der Waals surface area (Å²) in [6.07, 6.45) is 3.75. The third kappa shape index (κ3) is 2.27. The van der Waals surface area contributed by atoms with Crippen LogP contribution in [-0.4, -0.2) is 21.6 Å². The van der Waals surface area contributed by atoms with Crippen LogP contribution in [0, 0.1) is 0 Å². The van der Waals surface area contributed by atoms with E-state index in [0.717, 1.165) is 5.56 Å². The molecule has 0 aromatic heterocycles. The fourth-order valence-corrected chi connectivity index (χ4v) is 4.18. The topological polar surface area (TPSA) is 29.5 Å². The van der Waals surface area contributed by atoms with Crippen molar-refractivity contribution in [3.63, 3.8) is 0 Å². The Hall–Kier alpha value is -0.605. The van der Waals surface area contributed by atoms with Crippen LogP contribution in [0.4, 0.5) is 0 Å². The van der Waals surface area contributed by atoms with Crippen LogP contribution in [0.2, 0.25) is 0 Å². The first-order valence-electron chi connectivity index (χ1n) is 7.49. The lowest BCUT2D eigenvalue weighted by atomic mass is 9.76. The summed E-state index contributed by atoms with van der Waals surface area (Å²) in [5.74, 6) is 0.988. The zero-order valence-corrected chi connectivity index (χ0v) is 13.6. The summed E-state index contributed by atoms with van der Waals surface area (Å²) in [6.45, 7) is 8.80. The first-order chi connectivity index (χ1) is 9.30. The van der Waals surface area contributed by atoms with Gasteiger partial charge in [-0.05, 0) is 63.5 Å². The van der Waals surface area contributed by atoms with Crippen LogP contribution in [0.3, 0.4) is 0 Å². The third-order valence-electron chi connectivity index (χ3n) is 5.12. The summed E-state index contributed by atoms with van der Waals surface area (Å²) in [5, 5.41) is 10.1. The van der Waals surface area contributed by atoms with Crippen LogP contribution in [-0.2, 0) is 4.65 Å². The first-order valence-corrected chi connectivity index (χ1v) is 8.36. The van der Waals surface area contributed by atoms with Gasteiger partial charge in [0, 0.05) is 4.75 Å². The summed E-state index contributed by atoms with van der Waals surface area (Å²) < 4.78 is 6.35. The highest BCUT2D eigenvalue weighted by Gasteiger charge is 2.50. The Morgan fingerprint density at radius 3 is 2.45 bits per heavy atom. The summed E-state index contributed by atoms with van der Waals surface area (Å²) in [4.78, 5) is 0. The fraction of sp³-hybridized carbons (Fsp3) is 0.625. The number of phenols is 1. The normalized spacial score (nSPS) is 24.7. The van der Waals surface area contributed by atoms with Gasteiger partial charge < -0.3 is 9.76 Å². The molecule has 1 aliphatic carbocycles. The highest BCUT2D eigenvalue weighted by atomic mass is 32.2. The molecule has 1 saturated carbocycles. The summed E-state index contributed by atoms with van der Waals surface area (Å²) in [7, 11) is 0. The molecule has 1 N–H and O–H groups in total. The Bertz CT molecular complexity index is 507. The predicted molar refractivity (Wildman–Crippen MR) is 86.9 cm³/mol. The Kier molecular flexibility index (Phi) is 3.37. The standard InChI is InChI=1S/C16H23BO2S/c1-15(2)16(3,4)20-17(19-15)12-8-9-14(18)13(10-12)11-6-5-7-11/h8-11,18H,5-7H2,1-4H3. The maximum absolute atomic E-state index is 10.1. The second kappa shape index (κ2) is 4.70. The van der Waals surface area contributed by atoms with E-state index in [0.29, 0.717) is 11.7 Å². The van der Waals surface area contributed by atoms with E-state index in [1.54, 1.807) is 0 Å². The second-order valence-electron chi connectivity index (χ2n) is 7.03. The highest BCUT2D eigenvalue weighted by Crippen LogP contribution is 2.47. The number of phenolic OH excluding ortho intramolecular Hbond substituents is 1. The molecule has 2 fully saturated rings. The average molecular weight is 290 g/mol. The number of aromatic hydroxyl groups is 1. The van der Waals surface area contributed by atoms with Crippen LogP contribution in [0.25, 0.3) is 0 Å². The summed E-state index contributed by atoms with van der Waals surface area (Å²) in [6, 6.07) is 6.01. The zero-order chi connectivity index (χ0) is 14.5. The van der Waals surface area contributed by atoms with Crippen molar-refractivity contribution in [2.45, 2.75) is 63.2 Å². The molecule has 2 nitrogen and oxygen atoms in total. The Labute approximate surface area is 126 Å². The molecule has 1 aromatic carbocycles. The predicted octanol–water partition coefficient (Wildman–Crippen LogP) is 3.68. The van der Waals surface area contributed by atoms with Crippen molar-refractivity contribution < 1.29 is 9.76 Å². The van der Waals surface area contributed by atoms with E-state index < -0.39 is 0 Å². The van der Waals surface area contributed by atoms with Gasteiger partial charge >= 0.3 is 6.19 Å². The number of hydrogen-bond donors (Lipinski definition) is 1. The van der Waals surface area contributed by atoms with E-state index in [1.807, 2.05) is 23.7 Å².